The highest BCUT2D eigenvalue weighted by atomic mass is 32.1. The molecule has 0 unspecified atom stereocenters. The fourth-order valence-electron chi connectivity index (χ4n) is 2.06. The number of aromatic nitrogens is 2. The summed E-state index contributed by atoms with van der Waals surface area (Å²) in [4.78, 5) is 20.5. The Labute approximate surface area is 132 Å². The predicted octanol–water partition coefficient (Wildman–Crippen LogP) is 3.18. The van der Waals surface area contributed by atoms with E-state index in [4.69, 9.17) is 0 Å². The van der Waals surface area contributed by atoms with Gasteiger partial charge < -0.3 is 5.32 Å². The molecule has 0 radical (unpaired) electrons. The minimum absolute atomic E-state index is 0.132. The lowest BCUT2D eigenvalue weighted by Gasteiger charge is -2.03. The van der Waals surface area contributed by atoms with Gasteiger partial charge in [-0.2, -0.15) is 0 Å². The maximum atomic E-state index is 12.1. The fourth-order valence-corrected chi connectivity index (χ4v) is 2.87. The number of carbonyl (C=O) groups excluding carboxylic acids is 1. The second-order valence-corrected chi connectivity index (χ2v) is 5.62. The molecule has 0 aliphatic rings. The molecule has 1 N–H and O–H groups in total. The number of rotatable bonds is 5. The maximum Gasteiger partial charge on any atom is 0.270 e. The number of nitrogens with one attached hydrogen (secondary N) is 1. The van der Waals surface area contributed by atoms with E-state index >= 15 is 0 Å². The molecule has 5 heteroatoms. The van der Waals surface area contributed by atoms with E-state index < -0.39 is 0 Å². The summed E-state index contributed by atoms with van der Waals surface area (Å²) in [6.45, 7) is 0.602. The summed E-state index contributed by atoms with van der Waals surface area (Å²) in [7, 11) is 0. The van der Waals surface area contributed by atoms with Crippen LogP contribution in [0.2, 0.25) is 0 Å². The lowest BCUT2D eigenvalue weighted by molar-refractivity contribution is 0.0950. The average molecular weight is 309 g/mol. The molecule has 3 rings (SSSR count). The van der Waals surface area contributed by atoms with Gasteiger partial charge in [-0.1, -0.05) is 30.3 Å². The van der Waals surface area contributed by atoms with Crippen LogP contribution in [0.3, 0.4) is 0 Å². The fraction of sp³-hybridized carbons (Fsp3) is 0.118. The molecule has 0 aliphatic carbocycles. The summed E-state index contributed by atoms with van der Waals surface area (Å²) >= 11 is 1.46. The van der Waals surface area contributed by atoms with Gasteiger partial charge in [0.05, 0.1) is 0 Å². The lowest BCUT2D eigenvalue weighted by atomic mass is 10.1. The van der Waals surface area contributed by atoms with Gasteiger partial charge in [0.2, 0.25) is 0 Å². The van der Waals surface area contributed by atoms with Gasteiger partial charge in [-0.05, 0) is 24.1 Å². The van der Waals surface area contributed by atoms with Crippen LogP contribution >= 0.6 is 11.3 Å². The molecular formula is C17H15N3OS. The van der Waals surface area contributed by atoms with Crippen LogP contribution in [-0.4, -0.2) is 22.4 Å². The Morgan fingerprint density at radius 1 is 1.09 bits per heavy atom. The molecule has 1 amide bonds. The van der Waals surface area contributed by atoms with Crippen molar-refractivity contribution in [1.29, 1.82) is 0 Å². The molecule has 2 aromatic heterocycles. The van der Waals surface area contributed by atoms with Crippen LogP contribution in [0.5, 0.6) is 0 Å². The molecule has 0 aliphatic heterocycles. The third kappa shape index (κ3) is 3.56. The summed E-state index contributed by atoms with van der Waals surface area (Å²) in [5.41, 5.74) is 2.65. The van der Waals surface area contributed by atoms with Crippen molar-refractivity contribution >= 4 is 17.2 Å². The minimum Gasteiger partial charge on any atom is -0.350 e. The van der Waals surface area contributed by atoms with E-state index in [1.165, 1.54) is 16.9 Å². The molecule has 0 saturated heterocycles. The Morgan fingerprint density at radius 2 is 1.86 bits per heavy atom. The highest BCUT2D eigenvalue weighted by molar-refractivity contribution is 7.13. The van der Waals surface area contributed by atoms with Gasteiger partial charge in [0.15, 0.2) is 0 Å². The Kier molecular flexibility index (Phi) is 4.56. The zero-order chi connectivity index (χ0) is 15.2. The zero-order valence-electron chi connectivity index (χ0n) is 11.9. The van der Waals surface area contributed by atoms with Crippen LogP contribution in [-0.2, 0) is 6.42 Å². The standard InChI is InChI=1S/C17H15N3OS/c21-16(19-11-6-13-4-2-1-3-5-13)15-12-22-17(20-15)14-7-9-18-10-8-14/h1-5,7-10,12H,6,11H2,(H,19,21). The molecular weight excluding hydrogens is 294 g/mol. The minimum atomic E-state index is -0.132. The van der Waals surface area contributed by atoms with Crippen molar-refractivity contribution < 1.29 is 4.79 Å². The van der Waals surface area contributed by atoms with Crippen LogP contribution in [0.15, 0.2) is 60.2 Å². The smallest absolute Gasteiger partial charge is 0.270 e. The third-order valence-electron chi connectivity index (χ3n) is 3.21. The molecule has 0 atom stereocenters. The van der Waals surface area contributed by atoms with Gasteiger partial charge >= 0.3 is 0 Å². The average Bonchev–Trinajstić information content (AvgIpc) is 3.07. The van der Waals surface area contributed by atoms with Gasteiger partial charge in [0.25, 0.3) is 5.91 Å². The van der Waals surface area contributed by atoms with Gasteiger partial charge in [0.1, 0.15) is 10.7 Å². The van der Waals surface area contributed by atoms with E-state index in [1.54, 1.807) is 17.8 Å². The topological polar surface area (TPSA) is 54.9 Å². The first-order valence-corrected chi connectivity index (χ1v) is 7.89. The molecule has 0 bridgehead atoms. The van der Waals surface area contributed by atoms with Crippen molar-refractivity contribution in [3.8, 4) is 10.6 Å². The largest absolute Gasteiger partial charge is 0.350 e. The maximum absolute atomic E-state index is 12.1. The summed E-state index contributed by atoms with van der Waals surface area (Å²) in [5, 5.41) is 5.52. The quantitative estimate of drug-likeness (QED) is 0.787. The van der Waals surface area contributed by atoms with Gasteiger partial charge in [-0.25, -0.2) is 4.98 Å². The van der Waals surface area contributed by atoms with Crippen molar-refractivity contribution in [3.05, 3.63) is 71.5 Å². The first-order chi connectivity index (χ1) is 10.8. The van der Waals surface area contributed by atoms with Crippen LogP contribution in [0.25, 0.3) is 10.6 Å². The van der Waals surface area contributed by atoms with Crippen LogP contribution in [0.1, 0.15) is 16.1 Å². The second-order valence-electron chi connectivity index (χ2n) is 4.77. The summed E-state index contributed by atoms with van der Waals surface area (Å²) < 4.78 is 0. The number of thiazole rings is 1. The molecule has 4 nitrogen and oxygen atoms in total. The predicted molar refractivity (Wildman–Crippen MR) is 87.8 cm³/mol. The molecule has 3 aromatic rings. The van der Waals surface area contributed by atoms with E-state index in [1.807, 2.05) is 30.3 Å². The molecule has 0 spiro atoms. The van der Waals surface area contributed by atoms with Crippen molar-refractivity contribution in [2.75, 3.05) is 6.54 Å². The summed E-state index contributed by atoms with van der Waals surface area (Å²) in [6, 6.07) is 13.9. The van der Waals surface area contributed by atoms with Gasteiger partial charge in [-0.15, -0.1) is 11.3 Å². The molecule has 0 fully saturated rings. The Hall–Kier alpha value is -2.53. The number of pyridine rings is 1. The summed E-state index contributed by atoms with van der Waals surface area (Å²) in [5.74, 6) is -0.132. The summed E-state index contributed by atoms with van der Waals surface area (Å²) in [6.07, 6.45) is 4.25. The first-order valence-electron chi connectivity index (χ1n) is 7.01. The number of amides is 1. The zero-order valence-corrected chi connectivity index (χ0v) is 12.7. The SMILES string of the molecule is O=C(NCCc1ccccc1)c1csc(-c2ccncc2)n1. The van der Waals surface area contributed by atoms with Crippen molar-refractivity contribution in [2.45, 2.75) is 6.42 Å². The van der Waals surface area contributed by atoms with E-state index in [2.05, 4.69) is 27.4 Å². The number of hydrogen-bond acceptors (Lipinski definition) is 4. The molecule has 2 heterocycles. The Morgan fingerprint density at radius 3 is 2.64 bits per heavy atom. The Balaban J connectivity index is 1.58. The van der Waals surface area contributed by atoms with E-state index in [0.29, 0.717) is 12.2 Å². The van der Waals surface area contributed by atoms with Crippen LogP contribution in [0.4, 0.5) is 0 Å². The van der Waals surface area contributed by atoms with E-state index in [0.717, 1.165) is 17.0 Å². The van der Waals surface area contributed by atoms with Crippen molar-refractivity contribution in [3.63, 3.8) is 0 Å². The lowest BCUT2D eigenvalue weighted by Crippen LogP contribution is -2.25. The van der Waals surface area contributed by atoms with Gasteiger partial charge in [0, 0.05) is 29.9 Å². The van der Waals surface area contributed by atoms with Crippen LogP contribution in [0, 0.1) is 0 Å². The molecule has 22 heavy (non-hydrogen) atoms. The first kappa shape index (κ1) is 14.4. The number of carbonyl (C=O) groups is 1. The number of benzene rings is 1. The second kappa shape index (κ2) is 6.95. The van der Waals surface area contributed by atoms with Crippen molar-refractivity contribution in [2.24, 2.45) is 0 Å². The number of hydrogen-bond donors (Lipinski definition) is 1. The third-order valence-corrected chi connectivity index (χ3v) is 4.10. The van der Waals surface area contributed by atoms with Crippen molar-refractivity contribution in [1.82, 2.24) is 15.3 Å². The van der Waals surface area contributed by atoms with E-state index in [-0.39, 0.29) is 5.91 Å². The normalized spacial score (nSPS) is 10.4. The molecule has 110 valence electrons. The van der Waals surface area contributed by atoms with Crippen LogP contribution < -0.4 is 5.32 Å². The molecule has 1 aromatic carbocycles. The van der Waals surface area contributed by atoms with E-state index in [9.17, 15) is 4.79 Å². The highest BCUT2D eigenvalue weighted by Gasteiger charge is 2.11. The van der Waals surface area contributed by atoms with Gasteiger partial charge in [-0.3, -0.25) is 9.78 Å². The highest BCUT2D eigenvalue weighted by Crippen LogP contribution is 2.22. The Bertz CT molecular complexity index is 741. The molecule has 0 saturated carbocycles. The number of nitrogens with zero attached hydrogens (tertiary/aromatic N) is 2. The monoisotopic (exact) mass is 309 g/mol.